The Kier molecular flexibility index (Phi) is 5.68. The lowest BCUT2D eigenvalue weighted by molar-refractivity contribution is 0.190. The summed E-state index contributed by atoms with van der Waals surface area (Å²) in [6.45, 7) is 4.24. The van der Waals surface area contributed by atoms with Gasteiger partial charge in [-0.05, 0) is 25.5 Å². The van der Waals surface area contributed by atoms with E-state index in [-0.39, 0.29) is 0 Å². The highest BCUT2D eigenvalue weighted by atomic mass is 35.5. The van der Waals surface area contributed by atoms with E-state index in [9.17, 15) is 0 Å². The highest BCUT2D eigenvalue weighted by Crippen LogP contribution is 2.26. The Hall–Kier alpha value is -1.26. The number of imidazole rings is 1. The number of hydrogen-bond acceptors (Lipinski definition) is 3. The average molecular weight is 297 g/mol. The Bertz CT molecular complexity index is 554. The Labute approximate surface area is 124 Å². The van der Waals surface area contributed by atoms with E-state index in [4.69, 9.17) is 26.1 Å². The maximum absolute atomic E-state index is 5.89. The fourth-order valence-electron chi connectivity index (χ4n) is 2.33. The van der Waals surface area contributed by atoms with Crippen molar-refractivity contribution in [1.29, 1.82) is 0 Å². The predicted molar refractivity (Wildman–Crippen MR) is 81.8 cm³/mol. The molecule has 0 saturated carbocycles. The number of aryl methyl sites for hydroxylation is 2. The first kappa shape index (κ1) is 15.1. The molecule has 1 aromatic heterocycles. The summed E-state index contributed by atoms with van der Waals surface area (Å²) in [6.07, 6.45) is 1.71. The van der Waals surface area contributed by atoms with Gasteiger partial charge in [-0.25, -0.2) is 4.98 Å². The quantitative estimate of drug-likeness (QED) is 0.554. The standard InChI is InChI=1S/C15H21ClN2O2/c1-3-20-13-7-4-6-12-15(13)17-14(8-9-16)18(12)10-5-11-19-2/h4,6-7H,3,5,8-11H2,1-2H3. The minimum absolute atomic E-state index is 0.567. The van der Waals surface area contributed by atoms with Crippen molar-refractivity contribution in [2.45, 2.75) is 26.3 Å². The van der Waals surface area contributed by atoms with Crippen molar-refractivity contribution in [2.75, 3.05) is 26.2 Å². The van der Waals surface area contributed by atoms with E-state index >= 15 is 0 Å². The summed E-state index contributed by atoms with van der Waals surface area (Å²) in [5.74, 6) is 2.42. The summed E-state index contributed by atoms with van der Waals surface area (Å²) in [5, 5.41) is 0. The van der Waals surface area contributed by atoms with Gasteiger partial charge in [0, 0.05) is 32.6 Å². The monoisotopic (exact) mass is 296 g/mol. The van der Waals surface area contributed by atoms with Gasteiger partial charge in [0.15, 0.2) is 0 Å². The van der Waals surface area contributed by atoms with Crippen LogP contribution in [0.2, 0.25) is 0 Å². The second kappa shape index (κ2) is 7.50. The number of halogens is 1. The minimum Gasteiger partial charge on any atom is -0.492 e. The maximum atomic E-state index is 5.89. The molecule has 0 bridgehead atoms. The minimum atomic E-state index is 0.567. The molecule has 0 fully saturated rings. The molecule has 0 aliphatic carbocycles. The molecule has 0 aliphatic heterocycles. The zero-order valence-corrected chi connectivity index (χ0v) is 12.8. The van der Waals surface area contributed by atoms with E-state index in [0.29, 0.717) is 12.5 Å². The zero-order valence-electron chi connectivity index (χ0n) is 12.1. The number of rotatable bonds is 8. The van der Waals surface area contributed by atoms with Gasteiger partial charge in [-0.1, -0.05) is 6.07 Å². The van der Waals surface area contributed by atoms with Gasteiger partial charge in [0.1, 0.15) is 17.1 Å². The molecular formula is C15H21ClN2O2. The molecule has 4 nitrogen and oxygen atoms in total. The molecule has 0 saturated heterocycles. The van der Waals surface area contributed by atoms with Crippen LogP contribution < -0.4 is 4.74 Å². The van der Waals surface area contributed by atoms with Gasteiger partial charge in [-0.15, -0.1) is 11.6 Å². The largest absolute Gasteiger partial charge is 0.492 e. The van der Waals surface area contributed by atoms with Crippen LogP contribution in [0.5, 0.6) is 5.75 Å². The van der Waals surface area contributed by atoms with Crippen LogP contribution in [0.15, 0.2) is 18.2 Å². The van der Waals surface area contributed by atoms with Crippen molar-refractivity contribution in [3.05, 3.63) is 24.0 Å². The number of ether oxygens (including phenoxy) is 2. The second-order valence-corrected chi connectivity index (χ2v) is 4.90. The third kappa shape index (κ3) is 3.25. The Morgan fingerprint density at radius 3 is 2.90 bits per heavy atom. The van der Waals surface area contributed by atoms with Crippen LogP contribution in [0.1, 0.15) is 19.2 Å². The van der Waals surface area contributed by atoms with Gasteiger partial charge in [-0.2, -0.15) is 0 Å². The molecule has 1 aromatic carbocycles. The van der Waals surface area contributed by atoms with E-state index < -0.39 is 0 Å². The first-order valence-electron chi connectivity index (χ1n) is 6.97. The third-order valence-corrected chi connectivity index (χ3v) is 3.36. The molecule has 0 spiro atoms. The van der Waals surface area contributed by atoms with E-state index in [2.05, 4.69) is 10.6 Å². The molecule has 0 N–H and O–H groups in total. The van der Waals surface area contributed by atoms with E-state index in [0.717, 1.165) is 48.6 Å². The summed E-state index contributed by atoms with van der Waals surface area (Å²) < 4.78 is 13.0. The van der Waals surface area contributed by atoms with Crippen molar-refractivity contribution < 1.29 is 9.47 Å². The molecule has 20 heavy (non-hydrogen) atoms. The third-order valence-electron chi connectivity index (χ3n) is 3.17. The molecule has 110 valence electrons. The SMILES string of the molecule is CCOc1cccc2c1nc(CCCl)n2CCCOC. The highest BCUT2D eigenvalue weighted by Gasteiger charge is 2.13. The van der Waals surface area contributed by atoms with E-state index in [1.807, 2.05) is 19.1 Å². The maximum Gasteiger partial charge on any atom is 0.147 e. The van der Waals surface area contributed by atoms with Crippen LogP contribution in [-0.2, 0) is 17.7 Å². The van der Waals surface area contributed by atoms with E-state index in [1.165, 1.54) is 0 Å². The molecule has 0 atom stereocenters. The summed E-state index contributed by atoms with van der Waals surface area (Å²) in [6, 6.07) is 6.05. The smallest absolute Gasteiger partial charge is 0.147 e. The van der Waals surface area contributed by atoms with Crippen LogP contribution >= 0.6 is 11.6 Å². The summed E-state index contributed by atoms with van der Waals surface area (Å²) in [4.78, 5) is 4.71. The molecule has 5 heteroatoms. The number of fused-ring (bicyclic) bond motifs is 1. The van der Waals surface area contributed by atoms with Gasteiger partial charge in [-0.3, -0.25) is 0 Å². The lowest BCUT2D eigenvalue weighted by Gasteiger charge is -2.08. The first-order chi connectivity index (χ1) is 9.81. The number of benzene rings is 1. The molecule has 0 unspecified atom stereocenters. The van der Waals surface area contributed by atoms with Crippen LogP contribution in [0.4, 0.5) is 0 Å². The first-order valence-corrected chi connectivity index (χ1v) is 7.51. The fraction of sp³-hybridized carbons (Fsp3) is 0.533. The van der Waals surface area contributed by atoms with Gasteiger partial charge < -0.3 is 14.0 Å². The lowest BCUT2D eigenvalue weighted by Crippen LogP contribution is -2.06. The second-order valence-electron chi connectivity index (χ2n) is 4.52. The average Bonchev–Trinajstić information content (AvgIpc) is 2.79. The van der Waals surface area contributed by atoms with Gasteiger partial charge in [0.2, 0.25) is 0 Å². The van der Waals surface area contributed by atoms with Crippen LogP contribution in [-0.4, -0.2) is 35.8 Å². The van der Waals surface area contributed by atoms with Crippen LogP contribution in [0.25, 0.3) is 11.0 Å². The van der Waals surface area contributed by atoms with Crippen molar-refractivity contribution >= 4 is 22.6 Å². The van der Waals surface area contributed by atoms with Gasteiger partial charge in [0.25, 0.3) is 0 Å². The van der Waals surface area contributed by atoms with Gasteiger partial charge in [0.05, 0.1) is 12.1 Å². The molecule has 1 heterocycles. The summed E-state index contributed by atoms with van der Waals surface area (Å²) in [7, 11) is 1.72. The molecule has 0 radical (unpaired) electrons. The molecule has 2 aromatic rings. The van der Waals surface area contributed by atoms with Crippen LogP contribution in [0, 0.1) is 0 Å². The molecule has 0 amide bonds. The molecular weight excluding hydrogens is 276 g/mol. The fourth-order valence-corrected chi connectivity index (χ4v) is 2.50. The Balaban J connectivity index is 2.40. The number of alkyl halides is 1. The number of methoxy groups -OCH3 is 1. The summed E-state index contributed by atoms with van der Waals surface area (Å²) in [5.41, 5.74) is 2.03. The predicted octanol–water partition coefficient (Wildman–Crippen LogP) is 3.25. The topological polar surface area (TPSA) is 36.3 Å². The van der Waals surface area contributed by atoms with E-state index in [1.54, 1.807) is 7.11 Å². The Morgan fingerprint density at radius 2 is 2.20 bits per heavy atom. The van der Waals surface area contributed by atoms with Crippen molar-refractivity contribution in [2.24, 2.45) is 0 Å². The number of para-hydroxylation sites is 1. The lowest BCUT2D eigenvalue weighted by atomic mass is 10.3. The summed E-state index contributed by atoms with van der Waals surface area (Å²) >= 11 is 5.89. The van der Waals surface area contributed by atoms with Crippen molar-refractivity contribution in [3.8, 4) is 5.75 Å². The zero-order chi connectivity index (χ0) is 14.4. The molecule has 2 rings (SSSR count). The van der Waals surface area contributed by atoms with Crippen LogP contribution in [0.3, 0.4) is 0 Å². The number of aromatic nitrogens is 2. The highest BCUT2D eigenvalue weighted by molar-refractivity contribution is 6.17. The van der Waals surface area contributed by atoms with Crippen molar-refractivity contribution in [1.82, 2.24) is 9.55 Å². The Morgan fingerprint density at radius 1 is 1.35 bits per heavy atom. The normalized spacial score (nSPS) is 11.2. The van der Waals surface area contributed by atoms with Gasteiger partial charge >= 0.3 is 0 Å². The number of hydrogen-bond donors (Lipinski definition) is 0. The van der Waals surface area contributed by atoms with Crippen molar-refractivity contribution in [3.63, 3.8) is 0 Å². The number of nitrogens with zero attached hydrogens (tertiary/aromatic N) is 2. The molecule has 0 aliphatic rings.